The van der Waals surface area contributed by atoms with E-state index in [0.717, 1.165) is 9.99 Å². The van der Waals surface area contributed by atoms with E-state index in [-0.39, 0.29) is 18.0 Å². The number of aromatic nitrogens is 2. The van der Waals surface area contributed by atoms with Crippen LogP contribution in [0.4, 0.5) is 0 Å². The van der Waals surface area contributed by atoms with Gasteiger partial charge in [-0.15, -0.1) is 0 Å². The van der Waals surface area contributed by atoms with Gasteiger partial charge in [-0.2, -0.15) is 0 Å². The molecule has 6 nitrogen and oxygen atoms in total. The zero-order chi connectivity index (χ0) is 15.1. The van der Waals surface area contributed by atoms with E-state index in [9.17, 15) is 14.4 Å². The molecule has 3 rings (SSSR count). The average Bonchev–Trinajstić information content (AvgIpc) is 2.70. The first kappa shape index (κ1) is 14.1. The highest BCUT2D eigenvalue weighted by molar-refractivity contribution is 9.10. The Morgan fingerprint density at radius 1 is 1.29 bits per heavy atom. The molecule has 0 aliphatic carbocycles. The molecule has 0 spiro atoms. The SMILES string of the molecule is CCn1c(=O)n(C2CCC(=O)NC2=O)c2ccc(Br)cc21. The maximum Gasteiger partial charge on any atom is 0.329 e. The van der Waals surface area contributed by atoms with Crippen LogP contribution in [0.2, 0.25) is 0 Å². The number of fused-ring (bicyclic) bond motifs is 1. The Hall–Kier alpha value is -1.89. The lowest BCUT2D eigenvalue weighted by Gasteiger charge is -2.21. The summed E-state index contributed by atoms with van der Waals surface area (Å²) in [6.45, 7) is 2.41. The molecular weight excluding hydrogens is 338 g/mol. The summed E-state index contributed by atoms with van der Waals surface area (Å²) in [6.07, 6.45) is 0.599. The number of rotatable bonds is 2. The fourth-order valence-corrected chi connectivity index (χ4v) is 3.14. The van der Waals surface area contributed by atoms with Crippen LogP contribution < -0.4 is 11.0 Å². The first-order valence-electron chi connectivity index (χ1n) is 6.77. The molecule has 0 saturated carbocycles. The number of nitrogens with zero attached hydrogens (tertiary/aromatic N) is 2. The first-order valence-corrected chi connectivity index (χ1v) is 7.56. The molecule has 1 N–H and O–H groups in total. The van der Waals surface area contributed by atoms with Gasteiger partial charge < -0.3 is 0 Å². The lowest BCUT2D eigenvalue weighted by Crippen LogP contribution is -2.44. The smallest absolute Gasteiger partial charge is 0.295 e. The summed E-state index contributed by atoms with van der Waals surface area (Å²) in [7, 11) is 0. The van der Waals surface area contributed by atoms with Gasteiger partial charge in [0.15, 0.2) is 0 Å². The molecule has 1 aromatic carbocycles. The van der Waals surface area contributed by atoms with Crippen LogP contribution in [-0.2, 0) is 16.1 Å². The van der Waals surface area contributed by atoms with Gasteiger partial charge in [0.1, 0.15) is 6.04 Å². The molecule has 1 aromatic heterocycles. The number of imide groups is 1. The number of aryl methyl sites for hydroxylation is 1. The topological polar surface area (TPSA) is 73.1 Å². The average molecular weight is 352 g/mol. The molecule has 1 aliphatic heterocycles. The van der Waals surface area contributed by atoms with Gasteiger partial charge in [0, 0.05) is 17.4 Å². The normalized spacial score (nSPS) is 19.0. The maximum absolute atomic E-state index is 12.6. The molecule has 1 aliphatic rings. The van der Waals surface area contributed by atoms with Crippen LogP contribution in [0.25, 0.3) is 11.0 Å². The molecule has 1 atom stereocenters. The van der Waals surface area contributed by atoms with Crippen molar-refractivity contribution in [2.24, 2.45) is 0 Å². The predicted molar refractivity (Wildman–Crippen MR) is 81.0 cm³/mol. The van der Waals surface area contributed by atoms with Gasteiger partial charge in [0.2, 0.25) is 11.8 Å². The van der Waals surface area contributed by atoms with E-state index >= 15 is 0 Å². The van der Waals surface area contributed by atoms with Gasteiger partial charge in [0.05, 0.1) is 11.0 Å². The zero-order valence-corrected chi connectivity index (χ0v) is 13.0. The third kappa shape index (κ3) is 2.21. The van der Waals surface area contributed by atoms with Crippen molar-refractivity contribution in [3.05, 3.63) is 33.2 Å². The molecule has 2 aromatic rings. The van der Waals surface area contributed by atoms with Crippen LogP contribution in [0.15, 0.2) is 27.5 Å². The maximum atomic E-state index is 12.6. The summed E-state index contributed by atoms with van der Waals surface area (Å²) < 4.78 is 3.99. The van der Waals surface area contributed by atoms with E-state index in [2.05, 4.69) is 21.2 Å². The van der Waals surface area contributed by atoms with Crippen LogP contribution in [-0.4, -0.2) is 20.9 Å². The Kier molecular flexibility index (Phi) is 3.44. The highest BCUT2D eigenvalue weighted by atomic mass is 79.9. The summed E-state index contributed by atoms with van der Waals surface area (Å²) in [5.41, 5.74) is 1.27. The number of piperidine rings is 1. The molecule has 1 fully saturated rings. The molecule has 2 amide bonds. The number of halogens is 1. The van der Waals surface area contributed by atoms with E-state index in [1.807, 2.05) is 25.1 Å². The van der Waals surface area contributed by atoms with Crippen molar-refractivity contribution in [1.82, 2.24) is 14.5 Å². The third-order valence-corrected chi connectivity index (χ3v) is 4.26. The highest BCUT2D eigenvalue weighted by Crippen LogP contribution is 2.25. The Morgan fingerprint density at radius 3 is 2.71 bits per heavy atom. The quantitative estimate of drug-likeness (QED) is 0.834. The van der Waals surface area contributed by atoms with Crippen LogP contribution in [0.1, 0.15) is 25.8 Å². The van der Waals surface area contributed by atoms with E-state index < -0.39 is 11.9 Å². The van der Waals surface area contributed by atoms with E-state index in [1.165, 1.54) is 4.57 Å². The second-order valence-electron chi connectivity index (χ2n) is 5.00. The Morgan fingerprint density at radius 2 is 2.05 bits per heavy atom. The molecule has 1 unspecified atom stereocenters. The van der Waals surface area contributed by atoms with Gasteiger partial charge >= 0.3 is 5.69 Å². The minimum absolute atomic E-state index is 0.222. The molecule has 0 radical (unpaired) electrons. The third-order valence-electron chi connectivity index (χ3n) is 3.76. The second kappa shape index (κ2) is 5.14. The van der Waals surface area contributed by atoms with E-state index in [0.29, 0.717) is 18.5 Å². The van der Waals surface area contributed by atoms with Gasteiger partial charge in [0.25, 0.3) is 0 Å². The largest absolute Gasteiger partial charge is 0.329 e. The lowest BCUT2D eigenvalue weighted by molar-refractivity contribution is -0.135. The predicted octanol–water partition coefficient (Wildman–Crippen LogP) is 1.56. The number of amides is 2. The van der Waals surface area contributed by atoms with Crippen LogP contribution in [0, 0.1) is 0 Å². The number of imidazole rings is 1. The fraction of sp³-hybridized carbons (Fsp3) is 0.357. The Balaban J connectivity index is 2.23. The Labute approximate surface area is 128 Å². The van der Waals surface area contributed by atoms with Crippen molar-refractivity contribution < 1.29 is 9.59 Å². The molecule has 110 valence electrons. The summed E-state index contributed by atoms with van der Waals surface area (Å²) in [5.74, 6) is -0.697. The summed E-state index contributed by atoms with van der Waals surface area (Å²) in [6, 6.07) is 4.88. The minimum atomic E-state index is -0.633. The number of carbonyl (C=O) groups excluding carboxylic acids is 2. The fourth-order valence-electron chi connectivity index (χ4n) is 2.79. The number of hydrogen-bond acceptors (Lipinski definition) is 3. The van der Waals surface area contributed by atoms with Crippen molar-refractivity contribution in [3.8, 4) is 0 Å². The summed E-state index contributed by atoms with van der Waals surface area (Å²) in [5, 5.41) is 2.30. The van der Waals surface area contributed by atoms with Gasteiger partial charge in [-0.25, -0.2) is 4.79 Å². The van der Waals surface area contributed by atoms with E-state index in [1.54, 1.807) is 4.57 Å². The van der Waals surface area contributed by atoms with Gasteiger partial charge in [-0.05, 0) is 31.5 Å². The Bertz CT molecular complexity index is 806. The molecule has 2 heterocycles. The van der Waals surface area contributed by atoms with Crippen molar-refractivity contribution in [2.45, 2.75) is 32.4 Å². The summed E-state index contributed by atoms with van der Waals surface area (Å²) in [4.78, 5) is 35.9. The van der Waals surface area contributed by atoms with Crippen LogP contribution in [0.3, 0.4) is 0 Å². The van der Waals surface area contributed by atoms with Crippen molar-refractivity contribution in [1.29, 1.82) is 0 Å². The number of nitrogens with one attached hydrogen (secondary N) is 1. The molecule has 0 bridgehead atoms. The van der Waals surface area contributed by atoms with Crippen LogP contribution in [0.5, 0.6) is 0 Å². The van der Waals surface area contributed by atoms with Gasteiger partial charge in [-0.3, -0.25) is 24.0 Å². The first-order chi connectivity index (χ1) is 10.0. The molecule has 1 saturated heterocycles. The van der Waals surface area contributed by atoms with Crippen molar-refractivity contribution in [2.75, 3.05) is 0 Å². The van der Waals surface area contributed by atoms with Crippen molar-refractivity contribution in [3.63, 3.8) is 0 Å². The molecule has 21 heavy (non-hydrogen) atoms. The number of benzene rings is 1. The monoisotopic (exact) mass is 351 g/mol. The summed E-state index contributed by atoms with van der Waals surface area (Å²) >= 11 is 3.40. The standard InChI is InChI=1S/C14H14BrN3O3/c1-2-17-11-7-8(15)3-4-9(11)18(14(17)21)10-5-6-12(19)16-13(10)20/h3-4,7,10H,2,5-6H2,1H3,(H,16,19,20). The lowest BCUT2D eigenvalue weighted by atomic mass is 10.1. The van der Waals surface area contributed by atoms with Crippen molar-refractivity contribution >= 4 is 38.8 Å². The van der Waals surface area contributed by atoms with E-state index in [4.69, 9.17) is 0 Å². The zero-order valence-electron chi connectivity index (χ0n) is 11.4. The number of carbonyl (C=O) groups is 2. The second-order valence-corrected chi connectivity index (χ2v) is 5.91. The minimum Gasteiger partial charge on any atom is -0.295 e. The van der Waals surface area contributed by atoms with Gasteiger partial charge in [-0.1, -0.05) is 15.9 Å². The molecular formula is C14H14BrN3O3. The highest BCUT2D eigenvalue weighted by Gasteiger charge is 2.31. The van der Waals surface area contributed by atoms with Crippen LogP contribution >= 0.6 is 15.9 Å². The number of hydrogen-bond donors (Lipinski definition) is 1. The molecule has 7 heteroatoms.